The molecule has 0 unspecified atom stereocenters. The van der Waals surface area contributed by atoms with E-state index in [4.69, 9.17) is 4.74 Å². The third-order valence-electron chi connectivity index (χ3n) is 5.68. The van der Waals surface area contributed by atoms with Crippen molar-refractivity contribution in [2.75, 3.05) is 32.7 Å². The molecule has 1 aromatic heterocycles. The Balaban J connectivity index is 1.64. The fourth-order valence-corrected chi connectivity index (χ4v) is 4.72. The van der Waals surface area contributed by atoms with Crippen LogP contribution in [0.3, 0.4) is 0 Å². The van der Waals surface area contributed by atoms with Crippen molar-refractivity contribution in [2.45, 2.75) is 27.3 Å². The number of carbonyl (C=O) groups is 1. The SMILES string of the molecule is CCN1CCN(Cc2c(O)cc(C)c3c2O/C(=C\c2sccc2C)C3=O)CC1. The first-order chi connectivity index (χ1) is 13.5. The summed E-state index contributed by atoms with van der Waals surface area (Å²) >= 11 is 1.59. The normalized spacial score (nSPS) is 19.2. The molecule has 0 amide bonds. The molecule has 1 aromatic carbocycles. The highest BCUT2D eigenvalue weighted by atomic mass is 32.1. The van der Waals surface area contributed by atoms with E-state index in [1.165, 1.54) is 0 Å². The molecule has 2 aliphatic rings. The molecule has 0 spiro atoms. The maximum absolute atomic E-state index is 13.0. The topological polar surface area (TPSA) is 53.0 Å². The predicted octanol–water partition coefficient (Wildman–Crippen LogP) is 3.82. The van der Waals surface area contributed by atoms with Crippen molar-refractivity contribution in [1.82, 2.24) is 9.80 Å². The first-order valence-corrected chi connectivity index (χ1v) is 10.6. The minimum absolute atomic E-state index is 0.0997. The molecule has 0 saturated carbocycles. The molecule has 148 valence electrons. The molecule has 0 radical (unpaired) electrons. The number of aromatic hydroxyl groups is 1. The number of nitrogens with zero attached hydrogens (tertiary/aromatic N) is 2. The van der Waals surface area contributed by atoms with Crippen molar-refractivity contribution in [2.24, 2.45) is 0 Å². The highest BCUT2D eigenvalue weighted by molar-refractivity contribution is 7.11. The lowest BCUT2D eigenvalue weighted by Crippen LogP contribution is -2.45. The van der Waals surface area contributed by atoms with Gasteiger partial charge < -0.3 is 14.7 Å². The van der Waals surface area contributed by atoms with Gasteiger partial charge in [0, 0.05) is 43.7 Å². The van der Waals surface area contributed by atoms with Crippen LogP contribution < -0.4 is 4.74 Å². The highest BCUT2D eigenvalue weighted by Crippen LogP contribution is 2.42. The van der Waals surface area contributed by atoms with Gasteiger partial charge in [0.25, 0.3) is 0 Å². The second kappa shape index (κ2) is 7.70. The van der Waals surface area contributed by atoms with Crippen LogP contribution in [0.15, 0.2) is 23.3 Å². The van der Waals surface area contributed by atoms with Gasteiger partial charge in [-0.3, -0.25) is 9.69 Å². The molecule has 0 bridgehead atoms. The van der Waals surface area contributed by atoms with Gasteiger partial charge in [-0.2, -0.15) is 0 Å². The number of Topliss-reactive ketones (excluding diaryl/α,β-unsaturated/α-hetero) is 1. The molecule has 0 aliphatic carbocycles. The number of carbonyl (C=O) groups excluding carboxylic acids is 1. The van der Waals surface area contributed by atoms with Gasteiger partial charge in [-0.05, 0) is 49.0 Å². The summed E-state index contributed by atoms with van der Waals surface area (Å²) in [5.74, 6) is 0.972. The molecule has 5 nitrogen and oxygen atoms in total. The summed E-state index contributed by atoms with van der Waals surface area (Å²) in [6, 6.07) is 3.72. The molecular formula is C22H26N2O3S. The van der Waals surface area contributed by atoms with Gasteiger partial charge >= 0.3 is 0 Å². The Kier molecular flexibility index (Phi) is 5.27. The Morgan fingerprint density at radius 1 is 1.18 bits per heavy atom. The highest BCUT2D eigenvalue weighted by Gasteiger charge is 2.34. The van der Waals surface area contributed by atoms with Crippen LogP contribution in [0.5, 0.6) is 11.5 Å². The number of rotatable bonds is 4. The summed E-state index contributed by atoms with van der Waals surface area (Å²) in [5.41, 5.74) is 3.17. The summed E-state index contributed by atoms with van der Waals surface area (Å²) in [6.07, 6.45) is 1.82. The van der Waals surface area contributed by atoms with Gasteiger partial charge in [-0.25, -0.2) is 0 Å². The lowest BCUT2D eigenvalue weighted by molar-refractivity contribution is 0.101. The minimum atomic E-state index is -0.0997. The Morgan fingerprint density at radius 2 is 1.89 bits per heavy atom. The number of allylic oxidation sites excluding steroid dienone is 1. The average Bonchev–Trinajstić information content (AvgIpc) is 3.23. The first kappa shape index (κ1) is 19.2. The molecule has 4 rings (SSSR count). The number of likely N-dealkylation sites (N-methyl/N-ethyl adjacent to an activating group) is 1. The van der Waals surface area contributed by atoms with Gasteiger partial charge in [0.2, 0.25) is 5.78 Å². The van der Waals surface area contributed by atoms with Crippen LogP contribution >= 0.6 is 11.3 Å². The van der Waals surface area contributed by atoms with E-state index in [1.54, 1.807) is 17.4 Å². The molecular weight excluding hydrogens is 372 g/mol. The van der Waals surface area contributed by atoms with Crippen molar-refractivity contribution >= 4 is 23.2 Å². The zero-order valence-corrected chi connectivity index (χ0v) is 17.4. The average molecular weight is 399 g/mol. The van der Waals surface area contributed by atoms with Crippen molar-refractivity contribution in [1.29, 1.82) is 0 Å². The molecule has 2 aliphatic heterocycles. The Labute approximate surface area is 169 Å². The molecule has 3 heterocycles. The Morgan fingerprint density at radius 3 is 2.54 bits per heavy atom. The zero-order chi connectivity index (χ0) is 19.8. The second-order valence-corrected chi connectivity index (χ2v) is 8.46. The molecule has 6 heteroatoms. The van der Waals surface area contributed by atoms with Crippen LogP contribution in [0.25, 0.3) is 6.08 Å². The number of aryl methyl sites for hydroxylation is 2. The third kappa shape index (κ3) is 3.48. The van der Waals surface area contributed by atoms with Crippen LogP contribution in [0.2, 0.25) is 0 Å². The van der Waals surface area contributed by atoms with E-state index < -0.39 is 0 Å². The molecule has 0 atom stereocenters. The fourth-order valence-electron chi connectivity index (χ4n) is 3.87. The zero-order valence-electron chi connectivity index (χ0n) is 16.6. The second-order valence-electron chi connectivity index (χ2n) is 7.51. The molecule has 1 fully saturated rings. The first-order valence-electron chi connectivity index (χ1n) is 9.76. The number of thiophene rings is 1. The van der Waals surface area contributed by atoms with Crippen molar-refractivity contribution in [3.05, 3.63) is 50.4 Å². The summed E-state index contributed by atoms with van der Waals surface area (Å²) < 4.78 is 6.05. The Hall–Kier alpha value is -2.15. The van der Waals surface area contributed by atoms with Crippen LogP contribution in [-0.2, 0) is 6.54 Å². The number of hydrogen-bond donors (Lipinski definition) is 1. The van der Waals surface area contributed by atoms with Crippen LogP contribution in [0, 0.1) is 13.8 Å². The number of ether oxygens (including phenoxy) is 1. The maximum atomic E-state index is 13.0. The summed E-state index contributed by atoms with van der Waals surface area (Å²) in [6.45, 7) is 11.6. The largest absolute Gasteiger partial charge is 0.507 e. The van der Waals surface area contributed by atoms with E-state index in [-0.39, 0.29) is 11.5 Å². The maximum Gasteiger partial charge on any atom is 0.232 e. The Bertz CT molecular complexity index is 939. The minimum Gasteiger partial charge on any atom is -0.507 e. The van der Waals surface area contributed by atoms with Crippen LogP contribution in [0.1, 0.15) is 38.8 Å². The number of benzene rings is 1. The molecule has 2 aromatic rings. The van der Waals surface area contributed by atoms with E-state index in [9.17, 15) is 9.90 Å². The van der Waals surface area contributed by atoms with Crippen molar-refractivity contribution in [3.63, 3.8) is 0 Å². The van der Waals surface area contributed by atoms with Crippen LogP contribution in [0.4, 0.5) is 0 Å². The number of piperazine rings is 1. The van der Waals surface area contributed by atoms with Crippen molar-refractivity contribution in [3.8, 4) is 11.5 Å². The van der Waals surface area contributed by atoms with Crippen molar-refractivity contribution < 1.29 is 14.6 Å². The van der Waals surface area contributed by atoms with Gasteiger partial charge in [0.1, 0.15) is 11.5 Å². The fraction of sp³-hybridized carbons (Fsp3) is 0.409. The lowest BCUT2D eigenvalue weighted by Gasteiger charge is -2.34. The van der Waals surface area contributed by atoms with E-state index in [0.717, 1.165) is 48.7 Å². The van der Waals surface area contributed by atoms with Crippen LogP contribution in [-0.4, -0.2) is 53.4 Å². The van der Waals surface area contributed by atoms with Gasteiger partial charge in [-0.15, -0.1) is 11.3 Å². The number of hydrogen-bond acceptors (Lipinski definition) is 6. The molecule has 1 N–H and O–H groups in total. The van der Waals surface area contributed by atoms with E-state index in [2.05, 4.69) is 16.7 Å². The number of phenols is 1. The smallest absolute Gasteiger partial charge is 0.232 e. The van der Waals surface area contributed by atoms with Gasteiger partial charge in [0.05, 0.1) is 11.1 Å². The number of phenolic OH excluding ortho intramolecular Hbond substituents is 1. The number of fused-ring (bicyclic) bond motifs is 1. The van der Waals surface area contributed by atoms with Gasteiger partial charge in [0.15, 0.2) is 5.76 Å². The van der Waals surface area contributed by atoms with E-state index in [0.29, 0.717) is 29.2 Å². The van der Waals surface area contributed by atoms with E-state index >= 15 is 0 Å². The predicted molar refractivity (Wildman–Crippen MR) is 112 cm³/mol. The monoisotopic (exact) mass is 398 g/mol. The summed E-state index contributed by atoms with van der Waals surface area (Å²) in [5, 5.41) is 12.6. The van der Waals surface area contributed by atoms with E-state index in [1.807, 2.05) is 31.4 Å². The third-order valence-corrected chi connectivity index (χ3v) is 6.64. The standard InChI is InChI=1S/C22H26N2O3S/c1-4-23-6-8-24(9-7-23)13-16-17(25)11-15(3)20-21(26)18(27-22(16)20)12-19-14(2)5-10-28-19/h5,10-12,25H,4,6-9,13H2,1-3H3/b18-12-. The number of ketones is 1. The quantitative estimate of drug-likeness (QED) is 0.794. The molecule has 28 heavy (non-hydrogen) atoms. The summed E-state index contributed by atoms with van der Waals surface area (Å²) in [4.78, 5) is 18.8. The summed E-state index contributed by atoms with van der Waals surface area (Å²) in [7, 11) is 0. The van der Waals surface area contributed by atoms with Gasteiger partial charge in [-0.1, -0.05) is 6.92 Å². The lowest BCUT2D eigenvalue weighted by atomic mass is 9.99. The molecule has 1 saturated heterocycles.